The van der Waals surface area contributed by atoms with Crippen molar-refractivity contribution in [2.24, 2.45) is 5.41 Å². The summed E-state index contributed by atoms with van der Waals surface area (Å²) in [6, 6.07) is 0. The zero-order valence-corrected chi connectivity index (χ0v) is 6.39. The molecule has 0 atom stereocenters. The Morgan fingerprint density at radius 2 is 2.20 bits per heavy atom. The van der Waals surface area contributed by atoms with Gasteiger partial charge >= 0.3 is 5.97 Å². The van der Waals surface area contributed by atoms with Gasteiger partial charge in [0.2, 0.25) is 0 Å². The van der Waals surface area contributed by atoms with Gasteiger partial charge in [-0.1, -0.05) is 0 Å². The molecule has 0 aromatic rings. The van der Waals surface area contributed by atoms with Gasteiger partial charge in [-0.15, -0.1) is 0 Å². The maximum Gasteiger partial charge on any atom is 0.311 e. The van der Waals surface area contributed by atoms with E-state index in [-0.39, 0.29) is 6.61 Å². The fourth-order valence-corrected chi connectivity index (χ4v) is 0.389. The molecule has 4 N–H and O–H groups in total. The number of carbonyl (C=O) groups is 1. The van der Waals surface area contributed by atoms with Crippen molar-refractivity contribution in [1.29, 1.82) is 0 Å². The quantitative estimate of drug-likeness (QED) is 0.518. The fourth-order valence-electron chi connectivity index (χ4n) is 0.389. The largest absolute Gasteiger partial charge is 0.481 e. The molecule has 4 nitrogen and oxygen atoms in total. The number of carboxylic acid groups (broad SMARTS) is 1. The molecule has 0 spiro atoms. The predicted molar refractivity (Wildman–Crippen MR) is 35.1 cm³/mol. The summed E-state index contributed by atoms with van der Waals surface area (Å²) < 4.78 is 4.87. The first-order chi connectivity index (χ1) is 4.50. The van der Waals surface area contributed by atoms with Crippen LogP contribution in [0.3, 0.4) is 0 Å². The third-order valence-corrected chi connectivity index (χ3v) is 1.19. The van der Waals surface area contributed by atoms with Crippen LogP contribution in [0.15, 0.2) is 0 Å². The molecule has 0 saturated heterocycles. The van der Waals surface area contributed by atoms with Gasteiger partial charge in [0.15, 0.2) is 6.73 Å². The lowest BCUT2D eigenvalue weighted by atomic mass is 9.95. The zero-order valence-electron chi connectivity index (χ0n) is 6.39. The minimum absolute atomic E-state index is 0.214. The van der Waals surface area contributed by atoms with E-state index in [1.807, 2.05) is 0 Å². The van der Waals surface area contributed by atoms with Gasteiger partial charge in [-0.05, 0) is 13.8 Å². The lowest BCUT2D eigenvalue weighted by Crippen LogP contribution is -2.52. The third kappa shape index (κ3) is 2.80. The Hall–Kier alpha value is -0.610. The Kier molecular flexibility index (Phi) is 3.32. The van der Waals surface area contributed by atoms with Gasteiger partial charge in [0, 0.05) is 0 Å². The van der Waals surface area contributed by atoms with Crippen molar-refractivity contribution in [2.75, 3.05) is 13.3 Å². The van der Waals surface area contributed by atoms with E-state index in [4.69, 9.17) is 9.84 Å². The smallest absolute Gasteiger partial charge is 0.311 e. The van der Waals surface area contributed by atoms with E-state index in [9.17, 15) is 4.79 Å². The van der Waals surface area contributed by atoms with E-state index < -0.39 is 11.4 Å². The molecule has 0 saturated carbocycles. The topological polar surface area (TPSA) is 74.2 Å². The number of aliphatic carboxylic acids is 1. The molecule has 0 heterocycles. The summed E-state index contributed by atoms with van der Waals surface area (Å²) in [5.74, 6) is -0.846. The van der Waals surface area contributed by atoms with Crippen LogP contribution in [0, 0.1) is 5.41 Å². The minimum Gasteiger partial charge on any atom is -0.481 e. The number of ether oxygens (including phenoxy) is 1. The molecule has 0 bridgehead atoms. The van der Waals surface area contributed by atoms with Gasteiger partial charge < -0.3 is 15.6 Å². The Morgan fingerprint density at radius 1 is 1.70 bits per heavy atom. The van der Waals surface area contributed by atoms with Crippen LogP contribution in [0.1, 0.15) is 13.8 Å². The van der Waals surface area contributed by atoms with Crippen molar-refractivity contribution < 1.29 is 20.4 Å². The maximum absolute atomic E-state index is 10.4. The molecule has 0 aromatic heterocycles. The van der Waals surface area contributed by atoms with E-state index in [0.717, 1.165) is 0 Å². The van der Waals surface area contributed by atoms with Crippen LogP contribution in [0.4, 0.5) is 0 Å². The summed E-state index contributed by atoms with van der Waals surface area (Å²) in [6.07, 6.45) is 0. The Bertz CT molecular complexity index is 122. The van der Waals surface area contributed by atoms with Gasteiger partial charge in [0.1, 0.15) is 0 Å². The number of quaternary nitrogens is 1. The van der Waals surface area contributed by atoms with Crippen molar-refractivity contribution in [1.82, 2.24) is 0 Å². The van der Waals surface area contributed by atoms with Crippen LogP contribution in [-0.4, -0.2) is 24.4 Å². The molecular formula is C6H14NO3+. The van der Waals surface area contributed by atoms with E-state index in [1.54, 1.807) is 13.8 Å². The summed E-state index contributed by atoms with van der Waals surface area (Å²) in [7, 11) is 0. The van der Waals surface area contributed by atoms with Gasteiger partial charge in [-0.25, -0.2) is 0 Å². The first-order valence-corrected chi connectivity index (χ1v) is 3.11. The fraction of sp³-hybridized carbons (Fsp3) is 0.833. The molecule has 0 aliphatic rings. The molecule has 0 aliphatic heterocycles. The van der Waals surface area contributed by atoms with Crippen LogP contribution in [0.2, 0.25) is 0 Å². The number of hydrogen-bond acceptors (Lipinski definition) is 2. The predicted octanol–water partition coefficient (Wildman–Crippen LogP) is -0.687. The second kappa shape index (κ2) is 3.53. The molecule has 0 amide bonds. The van der Waals surface area contributed by atoms with Crippen molar-refractivity contribution >= 4 is 5.97 Å². The van der Waals surface area contributed by atoms with Gasteiger partial charge in [0.05, 0.1) is 12.0 Å². The zero-order chi connectivity index (χ0) is 8.20. The molecular weight excluding hydrogens is 134 g/mol. The molecule has 0 unspecified atom stereocenters. The van der Waals surface area contributed by atoms with Crippen LogP contribution in [0.5, 0.6) is 0 Å². The molecule has 0 aromatic carbocycles. The minimum atomic E-state index is -0.846. The standard InChI is InChI=1S/C6H13NO3/c1-6(2,5(8)9)3-10-4-7/h3-4,7H2,1-2H3,(H,8,9)/p+1. The van der Waals surface area contributed by atoms with Crippen molar-refractivity contribution in [3.05, 3.63) is 0 Å². The maximum atomic E-state index is 10.4. The van der Waals surface area contributed by atoms with Gasteiger partial charge in [-0.3, -0.25) is 4.79 Å². The SMILES string of the molecule is CC(C)(COC[NH3+])C(=O)O. The van der Waals surface area contributed by atoms with E-state index in [2.05, 4.69) is 5.73 Å². The van der Waals surface area contributed by atoms with E-state index >= 15 is 0 Å². The van der Waals surface area contributed by atoms with Crippen molar-refractivity contribution in [3.8, 4) is 0 Å². The third-order valence-electron chi connectivity index (χ3n) is 1.19. The normalized spacial score (nSPS) is 11.5. The van der Waals surface area contributed by atoms with Crippen LogP contribution in [0.25, 0.3) is 0 Å². The molecule has 4 heteroatoms. The van der Waals surface area contributed by atoms with Gasteiger partial charge in [-0.2, -0.15) is 0 Å². The Balaban J connectivity index is 3.75. The van der Waals surface area contributed by atoms with Crippen LogP contribution < -0.4 is 5.73 Å². The Labute approximate surface area is 60.0 Å². The second-order valence-corrected chi connectivity index (χ2v) is 2.74. The number of carboxylic acids is 1. The lowest BCUT2D eigenvalue weighted by molar-refractivity contribution is -0.432. The van der Waals surface area contributed by atoms with Crippen LogP contribution in [-0.2, 0) is 9.53 Å². The first-order valence-electron chi connectivity index (χ1n) is 3.11. The molecule has 0 fully saturated rings. The summed E-state index contributed by atoms with van der Waals surface area (Å²) in [6.45, 7) is 3.76. The summed E-state index contributed by atoms with van der Waals surface area (Å²) >= 11 is 0. The molecule has 0 radical (unpaired) electrons. The van der Waals surface area contributed by atoms with E-state index in [0.29, 0.717) is 6.73 Å². The van der Waals surface area contributed by atoms with Crippen molar-refractivity contribution in [2.45, 2.75) is 13.8 Å². The monoisotopic (exact) mass is 148 g/mol. The van der Waals surface area contributed by atoms with Crippen molar-refractivity contribution in [3.63, 3.8) is 0 Å². The molecule has 60 valence electrons. The highest BCUT2D eigenvalue weighted by Gasteiger charge is 2.27. The highest BCUT2D eigenvalue weighted by molar-refractivity contribution is 5.73. The first kappa shape index (κ1) is 9.39. The average molecular weight is 148 g/mol. The number of rotatable bonds is 4. The lowest BCUT2D eigenvalue weighted by Gasteiger charge is -2.16. The highest BCUT2D eigenvalue weighted by atomic mass is 16.5. The Morgan fingerprint density at radius 3 is 2.50 bits per heavy atom. The summed E-state index contributed by atoms with van der Waals surface area (Å²) in [5.41, 5.74) is 2.64. The summed E-state index contributed by atoms with van der Waals surface area (Å²) in [5, 5.41) is 8.57. The summed E-state index contributed by atoms with van der Waals surface area (Å²) in [4.78, 5) is 10.4. The highest BCUT2D eigenvalue weighted by Crippen LogP contribution is 2.14. The molecule has 0 rings (SSSR count). The number of hydrogen-bond donors (Lipinski definition) is 2. The van der Waals surface area contributed by atoms with E-state index in [1.165, 1.54) is 0 Å². The second-order valence-electron chi connectivity index (χ2n) is 2.74. The van der Waals surface area contributed by atoms with Gasteiger partial charge in [0.25, 0.3) is 0 Å². The molecule has 10 heavy (non-hydrogen) atoms. The van der Waals surface area contributed by atoms with Crippen LogP contribution >= 0.6 is 0 Å². The molecule has 0 aliphatic carbocycles. The average Bonchev–Trinajstić information content (AvgIpc) is 1.84.